The van der Waals surface area contributed by atoms with Crippen LogP contribution in [0.4, 0.5) is 0 Å². The van der Waals surface area contributed by atoms with Gasteiger partial charge in [-0.15, -0.1) is 12.6 Å². The minimum absolute atomic E-state index is 0.0558. The normalized spacial score (nSPS) is 19.1. The van der Waals surface area contributed by atoms with Crippen LogP contribution in [0.15, 0.2) is 23.1 Å². The first-order valence-corrected chi connectivity index (χ1v) is 7.27. The average Bonchev–Trinajstić information content (AvgIpc) is 3.21. The van der Waals surface area contributed by atoms with Gasteiger partial charge in [-0.3, -0.25) is 4.79 Å². The summed E-state index contributed by atoms with van der Waals surface area (Å²) in [6.45, 7) is 0. The van der Waals surface area contributed by atoms with Gasteiger partial charge in [0.05, 0.1) is 10.6 Å². The Morgan fingerprint density at radius 3 is 2.44 bits per heavy atom. The molecule has 18 heavy (non-hydrogen) atoms. The van der Waals surface area contributed by atoms with Gasteiger partial charge in [0.1, 0.15) is 0 Å². The third-order valence-electron chi connectivity index (χ3n) is 3.75. The molecular weight excluding hydrogens is 266 g/mol. The lowest BCUT2D eigenvalue weighted by atomic mass is 10.1. The van der Waals surface area contributed by atoms with Gasteiger partial charge in [-0.2, -0.15) is 0 Å². The molecule has 2 aliphatic carbocycles. The van der Waals surface area contributed by atoms with Crippen molar-refractivity contribution >= 4 is 30.1 Å². The van der Waals surface area contributed by atoms with E-state index in [-0.39, 0.29) is 5.91 Å². The highest BCUT2D eigenvalue weighted by atomic mass is 35.5. The zero-order valence-corrected chi connectivity index (χ0v) is 11.7. The lowest BCUT2D eigenvalue weighted by Gasteiger charge is -2.18. The second kappa shape index (κ2) is 4.78. The highest BCUT2D eigenvalue weighted by Gasteiger charge is 2.42. The molecule has 0 heterocycles. The molecule has 0 saturated heterocycles. The molecular formula is C14H16ClNOS. The number of carbonyl (C=O) groups is 1. The standard InChI is InChI=1S/C14H16ClNOS/c15-12-6-5-10(18)7-11(12)14(17)16-13(8-1-2-8)9-3-4-9/h5-9,13,18H,1-4H2,(H,16,17). The van der Waals surface area contributed by atoms with Gasteiger partial charge in [-0.25, -0.2) is 0 Å². The topological polar surface area (TPSA) is 29.1 Å². The van der Waals surface area contributed by atoms with Crippen molar-refractivity contribution in [3.05, 3.63) is 28.8 Å². The Morgan fingerprint density at radius 2 is 1.89 bits per heavy atom. The van der Waals surface area contributed by atoms with Gasteiger partial charge in [0.15, 0.2) is 0 Å². The maximum absolute atomic E-state index is 12.3. The highest BCUT2D eigenvalue weighted by molar-refractivity contribution is 7.80. The minimum atomic E-state index is -0.0558. The fourth-order valence-corrected chi connectivity index (χ4v) is 2.85. The molecule has 3 rings (SSSR count). The molecule has 96 valence electrons. The zero-order valence-electron chi connectivity index (χ0n) is 10.0. The summed E-state index contributed by atoms with van der Waals surface area (Å²) in [7, 11) is 0. The van der Waals surface area contributed by atoms with E-state index < -0.39 is 0 Å². The van der Waals surface area contributed by atoms with E-state index in [2.05, 4.69) is 17.9 Å². The second-order valence-corrected chi connectivity index (χ2v) is 6.26. The van der Waals surface area contributed by atoms with Crippen molar-refractivity contribution in [2.45, 2.75) is 36.6 Å². The summed E-state index contributed by atoms with van der Waals surface area (Å²) in [4.78, 5) is 13.0. The van der Waals surface area contributed by atoms with E-state index in [4.69, 9.17) is 11.6 Å². The van der Waals surface area contributed by atoms with E-state index in [1.54, 1.807) is 18.2 Å². The van der Waals surface area contributed by atoms with Crippen molar-refractivity contribution in [3.63, 3.8) is 0 Å². The Kier molecular flexibility index (Phi) is 3.29. The summed E-state index contributed by atoms with van der Waals surface area (Å²) in [5.41, 5.74) is 0.537. The minimum Gasteiger partial charge on any atom is -0.349 e. The van der Waals surface area contributed by atoms with E-state index >= 15 is 0 Å². The summed E-state index contributed by atoms with van der Waals surface area (Å²) in [6, 6.07) is 5.61. The molecule has 0 spiro atoms. The molecule has 1 aromatic rings. The third kappa shape index (κ3) is 2.67. The summed E-state index contributed by atoms with van der Waals surface area (Å²) < 4.78 is 0. The molecule has 1 N–H and O–H groups in total. The van der Waals surface area contributed by atoms with Crippen LogP contribution >= 0.6 is 24.2 Å². The molecule has 2 fully saturated rings. The van der Waals surface area contributed by atoms with Crippen molar-refractivity contribution in [2.75, 3.05) is 0 Å². The number of thiol groups is 1. The Morgan fingerprint density at radius 1 is 1.28 bits per heavy atom. The van der Waals surface area contributed by atoms with Crippen molar-refractivity contribution in [1.82, 2.24) is 5.32 Å². The van der Waals surface area contributed by atoms with Gasteiger partial charge in [0.2, 0.25) is 0 Å². The fraction of sp³-hybridized carbons (Fsp3) is 0.500. The van der Waals surface area contributed by atoms with Gasteiger partial charge in [0.25, 0.3) is 5.91 Å². The molecule has 4 heteroatoms. The van der Waals surface area contributed by atoms with E-state index in [0.717, 1.165) is 4.90 Å². The number of halogens is 1. The van der Waals surface area contributed by atoms with Crippen LogP contribution in [0.3, 0.4) is 0 Å². The van der Waals surface area contributed by atoms with Gasteiger partial charge in [-0.1, -0.05) is 11.6 Å². The highest BCUT2D eigenvalue weighted by Crippen LogP contribution is 2.44. The van der Waals surface area contributed by atoms with E-state index in [9.17, 15) is 4.79 Å². The van der Waals surface area contributed by atoms with Crippen molar-refractivity contribution in [2.24, 2.45) is 11.8 Å². The molecule has 0 aromatic heterocycles. The Balaban J connectivity index is 1.75. The second-order valence-electron chi connectivity index (χ2n) is 5.34. The molecule has 0 atom stereocenters. The van der Waals surface area contributed by atoms with Crippen LogP contribution in [0.1, 0.15) is 36.0 Å². The lowest BCUT2D eigenvalue weighted by molar-refractivity contribution is 0.0926. The van der Waals surface area contributed by atoms with Crippen LogP contribution in [0.25, 0.3) is 0 Å². The maximum atomic E-state index is 12.3. The van der Waals surface area contributed by atoms with Crippen molar-refractivity contribution in [3.8, 4) is 0 Å². The van der Waals surface area contributed by atoms with Crippen LogP contribution in [0.5, 0.6) is 0 Å². The molecule has 0 bridgehead atoms. The van der Waals surface area contributed by atoms with Crippen LogP contribution < -0.4 is 5.32 Å². The SMILES string of the molecule is O=C(NC(C1CC1)C1CC1)c1cc(S)ccc1Cl. The molecule has 2 aliphatic rings. The van der Waals surface area contributed by atoms with Gasteiger partial charge < -0.3 is 5.32 Å². The molecule has 0 aliphatic heterocycles. The van der Waals surface area contributed by atoms with Crippen LogP contribution in [0.2, 0.25) is 5.02 Å². The Bertz CT molecular complexity index is 471. The van der Waals surface area contributed by atoms with E-state index in [0.29, 0.717) is 28.5 Å². The molecule has 2 nitrogen and oxygen atoms in total. The summed E-state index contributed by atoms with van der Waals surface area (Å²) in [6.07, 6.45) is 5.01. The summed E-state index contributed by atoms with van der Waals surface area (Å²) in [5.74, 6) is 1.33. The monoisotopic (exact) mass is 281 g/mol. The number of rotatable bonds is 4. The number of amides is 1. The maximum Gasteiger partial charge on any atom is 0.253 e. The van der Waals surface area contributed by atoms with Gasteiger partial charge in [-0.05, 0) is 55.7 Å². The number of hydrogen-bond acceptors (Lipinski definition) is 2. The Labute approximate surface area is 118 Å². The first-order valence-electron chi connectivity index (χ1n) is 6.44. The summed E-state index contributed by atoms with van der Waals surface area (Å²) in [5, 5.41) is 3.66. The van der Waals surface area contributed by atoms with E-state index in [1.165, 1.54) is 25.7 Å². The largest absolute Gasteiger partial charge is 0.349 e. The molecule has 0 radical (unpaired) electrons. The number of hydrogen-bond donors (Lipinski definition) is 2. The van der Waals surface area contributed by atoms with Crippen LogP contribution in [-0.2, 0) is 0 Å². The fourth-order valence-electron chi connectivity index (χ4n) is 2.45. The predicted molar refractivity (Wildman–Crippen MR) is 75.4 cm³/mol. The van der Waals surface area contributed by atoms with Gasteiger partial charge in [0, 0.05) is 10.9 Å². The van der Waals surface area contributed by atoms with E-state index in [1.807, 2.05) is 0 Å². The zero-order chi connectivity index (χ0) is 12.7. The van der Waals surface area contributed by atoms with Crippen LogP contribution in [-0.4, -0.2) is 11.9 Å². The number of nitrogens with one attached hydrogen (secondary N) is 1. The first-order chi connectivity index (χ1) is 8.65. The van der Waals surface area contributed by atoms with Gasteiger partial charge >= 0.3 is 0 Å². The number of carbonyl (C=O) groups excluding carboxylic acids is 1. The van der Waals surface area contributed by atoms with Crippen molar-refractivity contribution in [1.29, 1.82) is 0 Å². The molecule has 1 aromatic carbocycles. The predicted octanol–water partition coefficient (Wildman–Crippen LogP) is 3.55. The Hall–Kier alpha value is -0.670. The lowest BCUT2D eigenvalue weighted by Crippen LogP contribution is -2.38. The quantitative estimate of drug-likeness (QED) is 0.812. The first kappa shape index (κ1) is 12.4. The molecule has 0 unspecified atom stereocenters. The van der Waals surface area contributed by atoms with Crippen molar-refractivity contribution < 1.29 is 4.79 Å². The summed E-state index contributed by atoms with van der Waals surface area (Å²) >= 11 is 10.3. The number of benzene rings is 1. The van der Waals surface area contributed by atoms with Crippen LogP contribution in [0, 0.1) is 11.8 Å². The molecule has 2 saturated carbocycles. The average molecular weight is 282 g/mol. The third-order valence-corrected chi connectivity index (χ3v) is 4.36. The smallest absolute Gasteiger partial charge is 0.253 e. The molecule has 1 amide bonds.